The van der Waals surface area contributed by atoms with E-state index >= 15 is 0 Å². The third-order valence-corrected chi connectivity index (χ3v) is 19.9. The van der Waals surface area contributed by atoms with E-state index in [0.717, 1.165) is 128 Å². The van der Waals surface area contributed by atoms with Crippen LogP contribution in [0.2, 0.25) is 0 Å². The van der Waals surface area contributed by atoms with E-state index in [9.17, 15) is 14.7 Å². The van der Waals surface area contributed by atoms with Gasteiger partial charge in [-0.05, 0) is 164 Å². The van der Waals surface area contributed by atoms with Crippen LogP contribution >= 0.6 is 0 Å². The van der Waals surface area contributed by atoms with E-state index in [1.54, 1.807) is 19.8 Å². The zero-order chi connectivity index (χ0) is 55.4. The summed E-state index contributed by atoms with van der Waals surface area (Å²) in [5.41, 5.74) is 4.41. The molecule has 0 aromatic heterocycles. The van der Waals surface area contributed by atoms with Crippen LogP contribution in [0.3, 0.4) is 0 Å². The molecular weight excluding hydrogens is 969 g/mol. The SMILES string of the molecule is COc1ccc(C(OCCC(O)CCCCCNC(=O)CCCCCCCCCCCNC(=O)O[C@@H]2CC[C@]3(C)C(=CCC4C3CC[C@]3(C)C4CC[C@H]3[C@@H](C)CCCC(C)C)C2)(c2ccccc2)c2ccc(OC)cc2)cc1. The molecule has 0 spiro atoms. The van der Waals surface area contributed by atoms with E-state index in [0.29, 0.717) is 44.4 Å². The van der Waals surface area contributed by atoms with Crippen LogP contribution in [0.5, 0.6) is 11.5 Å². The molecule has 9 atom stereocenters. The highest BCUT2D eigenvalue weighted by Crippen LogP contribution is 2.67. The molecule has 0 saturated heterocycles. The molecule has 0 bridgehead atoms. The molecule has 3 saturated carbocycles. The Balaban J connectivity index is 0.679. The third-order valence-electron chi connectivity index (χ3n) is 19.9. The van der Waals surface area contributed by atoms with Crippen molar-refractivity contribution in [3.05, 3.63) is 107 Å². The number of aliphatic hydroxyl groups excluding tert-OH is 1. The van der Waals surface area contributed by atoms with Gasteiger partial charge in [-0.25, -0.2) is 4.79 Å². The molecule has 4 unspecified atom stereocenters. The van der Waals surface area contributed by atoms with Crippen molar-refractivity contribution in [3.63, 3.8) is 0 Å². The number of unbranched alkanes of at least 4 members (excludes halogenated alkanes) is 10. The summed E-state index contributed by atoms with van der Waals surface area (Å²) < 4.78 is 23.9. The number of benzene rings is 3. The van der Waals surface area contributed by atoms with Crippen LogP contribution in [0, 0.1) is 46.3 Å². The Morgan fingerprint density at radius 3 is 1.88 bits per heavy atom. The molecule has 9 heteroatoms. The van der Waals surface area contributed by atoms with Gasteiger partial charge < -0.3 is 34.7 Å². The maximum absolute atomic E-state index is 12.9. The van der Waals surface area contributed by atoms with Crippen molar-refractivity contribution in [1.82, 2.24) is 10.6 Å². The van der Waals surface area contributed by atoms with Crippen molar-refractivity contribution in [2.75, 3.05) is 33.9 Å². The molecule has 2 amide bonds. The van der Waals surface area contributed by atoms with E-state index in [1.807, 2.05) is 66.7 Å². The molecule has 3 aromatic rings. The average molecular weight is 1070 g/mol. The Morgan fingerprint density at radius 2 is 1.24 bits per heavy atom. The molecule has 4 aliphatic carbocycles. The second kappa shape index (κ2) is 30.5. The standard InChI is InChI=1S/C69H104N2O7/c1-51(2)24-23-25-52(3)62-40-41-63-61-39-34-56-50-60(42-45-67(56,4)64(61)43-46-68(62,63)5)78-66(74)71-48-21-14-12-10-8-9-11-13-20-29-65(73)70-47-22-16-19-28-57(72)44-49-77-69(53-26-17-15-18-27-53,54-30-35-58(75-6)36-31-54)55-32-37-59(76-7)38-33-55/h15,17-18,26-27,30-38,51-52,57,60-64,72H,8-14,16,19-25,28-29,39-50H2,1-7H3,(H,70,73)(H,71,74)/t52-,57?,60+,61?,62-,63?,64?,67+,68-/m0/s1. The minimum absolute atomic E-state index is 0.00202. The van der Waals surface area contributed by atoms with Gasteiger partial charge in [-0.15, -0.1) is 0 Å². The van der Waals surface area contributed by atoms with Gasteiger partial charge in [0.25, 0.3) is 0 Å². The molecule has 3 N–H and O–H groups in total. The summed E-state index contributed by atoms with van der Waals surface area (Å²) >= 11 is 0. The monoisotopic (exact) mass is 1070 g/mol. The maximum atomic E-state index is 12.9. The largest absolute Gasteiger partial charge is 0.497 e. The molecule has 0 heterocycles. The number of aliphatic hydroxyl groups is 1. The molecular formula is C69H104N2O7. The number of alkyl carbamates (subject to hydrolysis) is 1. The summed E-state index contributed by atoms with van der Waals surface area (Å²) in [5, 5.41) is 17.2. The predicted molar refractivity (Wildman–Crippen MR) is 318 cm³/mol. The van der Waals surface area contributed by atoms with Crippen LogP contribution in [0.25, 0.3) is 0 Å². The van der Waals surface area contributed by atoms with Crippen LogP contribution in [-0.2, 0) is 19.9 Å². The fraction of sp³-hybridized carbons (Fsp3) is 0.681. The van der Waals surface area contributed by atoms with E-state index < -0.39 is 11.7 Å². The molecule has 432 valence electrons. The Hall–Kier alpha value is -4.34. The zero-order valence-corrected chi connectivity index (χ0v) is 49.6. The first-order valence-electron chi connectivity index (χ1n) is 31.4. The number of hydrogen-bond acceptors (Lipinski definition) is 7. The van der Waals surface area contributed by atoms with Crippen molar-refractivity contribution in [2.24, 2.45) is 46.3 Å². The van der Waals surface area contributed by atoms with Crippen molar-refractivity contribution in [2.45, 2.75) is 219 Å². The van der Waals surface area contributed by atoms with E-state index in [4.69, 9.17) is 18.9 Å². The van der Waals surface area contributed by atoms with Crippen LogP contribution in [-0.4, -0.2) is 63.2 Å². The van der Waals surface area contributed by atoms with Gasteiger partial charge in [0.2, 0.25) is 5.91 Å². The molecule has 9 nitrogen and oxygen atoms in total. The lowest BCUT2D eigenvalue weighted by molar-refractivity contribution is -0.121. The highest BCUT2D eigenvalue weighted by Gasteiger charge is 2.59. The molecule has 3 fully saturated rings. The zero-order valence-electron chi connectivity index (χ0n) is 49.6. The number of allylic oxidation sites excluding steroid dienone is 1. The minimum Gasteiger partial charge on any atom is -0.497 e. The third kappa shape index (κ3) is 16.2. The number of fused-ring (bicyclic) bond motifs is 5. The Kier molecular flexibility index (Phi) is 23.9. The van der Waals surface area contributed by atoms with Crippen molar-refractivity contribution in [3.8, 4) is 11.5 Å². The van der Waals surface area contributed by atoms with E-state index in [-0.39, 0.29) is 23.5 Å². The molecule has 3 aromatic carbocycles. The first-order valence-corrected chi connectivity index (χ1v) is 31.4. The minimum atomic E-state index is -0.904. The van der Waals surface area contributed by atoms with Crippen LogP contribution < -0.4 is 20.1 Å². The number of carbonyl (C=O) groups excluding carboxylic acids is 2. The first-order chi connectivity index (χ1) is 37.8. The van der Waals surface area contributed by atoms with Gasteiger partial charge in [0.05, 0.1) is 26.9 Å². The average Bonchev–Trinajstić information content (AvgIpc) is 3.91. The van der Waals surface area contributed by atoms with Gasteiger partial charge >= 0.3 is 6.09 Å². The van der Waals surface area contributed by atoms with E-state index in [2.05, 4.69) is 63.5 Å². The number of nitrogens with one attached hydrogen (secondary N) is 2. The van der Waals surface area contributed by atoms with Crippen molar-refractivity contribution < 1.29 is 33.6 Å². The topological polar surface area (TPSA) is 115 Å². The predicted octanol–water partition coefficient (Wildman–Crippen LogP) is 16.5. The van der Waals surface area contributed by atoms with Gasteiger partial charge in [-0.1, -0.05) is 178 Å². The molecule has 7 rings (SSSR count). The summed E-state index contributed by atoms with van der Waals surface area (Å²) in [5.74, 6) is 6.73. The number of amides is 2. The summed E-state index contributed by atoms with van der Waals surface area (Å²) in [6.45, 7) is 14.3. The number of methoxy groups -OCH3 is 2. The molecule has 0 aliphatic heterocycles. The quantitative estimate of drug-likeness (QED) is 0.0316. The smallest absolute Gasteiger partial charge is 0.407 e. The van der Waals surface area contributed by atoms with Crippen molar-refractivity contribution >= 4 is 12.0 Å². The Bertz CT molecular complexity index is 2220. The second-order valence-corrected chi connectivity index (χ2v) is 25.4. The fourth-order valence-electron chi connectivity index (χ4n) is 15.3. The van der Waals surface area contributed by atoms with Gasteiger partial charge in [0.1, 0.15) is 23.2 Å². The summed E-state index contributed by atoms with van der Waals surface area (Å²) in [7, 11) is 3.33. The van der Waals surface area contributed by atoms with Crippen LogP contribution in [0.1, 0.15) is 218 Å². The molecule has 0 radical (unpaired) electrons. The number of hydrogen-bond donors (Lipinski definition) is 3. The van der Waals surface area contributed by atoms with Gasteiger partial charge in [0, 0.05) is 25.9 Å². The lowest BCUT2D eigenvalue weighted by Gasteiger charge is -2.58. The highest BCUT2D eigenvalue weighted by molar-refractivity contribution is 5.75. The normalized spacial score (nSPS) is 24.5. The highest BCUT2D eigenvalue weighted by atomic mass is 16.6. The molecule has 78 heavy (non-hydrogen) atoms. The lowest BCUT2D eigenvalue weighted by Crippen LogP contribution is -2.51. The maximum Gasteiger partial charge on any atom is 0.407 e. The van der Waals surface area contributed by atoms with Crippen molar-refractivity contribution in [1.29, 1.82) is 0 Å². The lowest BCUT2D eigenvalue weighted by atomic mass is 9.47. The Morgan fingerprint density at radius 1 is 0.641 bits per heavy atom. The van der Waals surface area contributed by atoms with Gasteiger partial charge in [-0.2, -0.15) is 0 Å². The van der Waals surface area contributed by atoms with Gasteiger partial charge in [-0.3, -0.25) is 4.79 Å². The summed E-state index contributed by atoms with van der Waals surface area (Å²) in [4.78, 5) is 25.4. The number of carbonyl (C=O) groups is 2. The van der Waals surface area contributed by atoms with Crippen LogP contribution in [0.4, 0.5) is 4.79 Å². The second-order valence-electron chi connectivity index (χ2n) is 25.4. The fourth-order valence-corrected chi connectivity index (χ4v) is 15.3. The van der Waals surface area contributed by atoms with Crippen LogP contribution in [0.15, 0.2) is 90.5 Å². The first kappa shape index (κ1) is 61.3. The number of rotatable bonds is 33. The number of ether oxygens (including phenoxy) is 4. The van der Waals surface area contributed by atoms with E-state index in [1.165, 1.54) is 83.5 Å². The summed E-state index contributed by atoms with van der Waals surface area (Å²) in [6.07, 6.45) is 30.7. The Labute approximate surface area is 472 Å². The summed E-state index contributed by atoms with van der Waals surface area (Å²) in [6, 6.07) is 26.2. The molecule has 4 aliphatic rings. The van der Waals surface area contributed by atoms with Gasteiger partial charge in [0.15, 0.2) is 0 Å².